The fourth-order valence-electron chi connectivity index (χ4n) is 0.999. The number of H-pyrrole nitrogens is 1. The van der Waals surface area contributed by atoms with Gasteiger partial charge < -0.3 is 14.8 Å². The first-order valence-electron chi connectivity index (χ1n) is 4.54. The first-order chi connectivity index (χ1) is 7.13. The largest absolute Gasteiger partial charge is 0.477 e. The Labute approximate surface area is 85.9 Å². The molecule has 6 heteroatoms. The van der Waals surface area contributed by atoms with E-state index < -0.39 is 11.5 Å². The number of aromatic nitrogens is 2. The molecule has 1 aromatic heterocycles. The number of carbonyl (C=O) groups is 1. The molecule has 82 valence electrons. The van der Waals surface area contributed by atoms with Crippen LogP contribution in [0.2, 0.25) is 0 Å². The van der Waals surface area contributed by atoms with E-state index >= 15 is 0 Å². The number of rotatable bonds is 5. The molecule has 0 amide bonds. The van der Waals surface area contributed by atoms with Crippen LogP contribution in [0.25, 0.3) is 0 Å². The highest BCUT2D eigenvalue weighted by Crippen LogP contribution is 1.95. The Morgan fingerprint density at radius 1 is 1.67 bits per heavy atom. The SMILES string of the molecule is CCCOCc1nc(C(=O)O)cc(=O)[nH]1. The zero-order valence-corrected chi connectivity index (χ0v) is 8.32. The molecular formula is C9H12N2O4. The summed E-state index contributed by atoms with van der Waals surface area (Å²) in [6, 6.07) is 0.936. The van der Waals surface area contributed by atoms with Crippen molar-refractivity contribution in [1.29, 1.82) is 0 Å². The highest BCUT2D eigenvalue weighted by atomic mass is 16.5. The van der Waals surface area contributed by atoms with Crippen LogP contribution >= 0.6 is 0 Å². The van der Waals surface area contributed by atoms with Crippen LogP contribution < -0.4 is 5.56 Å². The molecule has 0 radical (unpaired) electrons. The van der Waals surface area contributed by atoms with E-state index in [-0.39, 0.29) is 18.1 Å². The van der Waals surface area contributed by atoms with E-state index in [1.807, 2.05) is 6.92 Å². The maximum absolute atomic E-state index is 11.0. The van der Waals surface area contributed by atoms with Gasteiger partial charge in [0.05, 0.1) is 0 Å². The predicted molar refractivity (Wildman–Crippen MR) is 51.8 cm³/mol. The summed E-state index contributed by atoms with van der Waals surface area (Å²) in [6.45, 7) is 2.61. The summed E-state index contributed by atoms with van der Waals surface area (Å²) in [7, 11) is 0. The van der Waals surface area contributed by atoms with Crippen molar-refractivity contribution in [3.8, 4) is 0 Å². The molecule has 0 unspecified atom stereocenters. The van der Waals surface area contributed by atoms with Gasteiger partial charge in [-0.15, -0.1) is 0 Å². The summed E-state index contributed by atoms with van der Waals surface area (Å²) in [5, 5.41) is 8.65. The van der Waals surface area contributed by atoms with Gasteiger partial charge in [-0.3, -0.25) is 4.79 Å². The molecule has 1 heterocycles. The van der Waals surface area contributed by atoms with Gasteiger partial charge in [0.15, 0.2) is 5.69 Å². The van der Waals surface area contributed by atoms with Crippen molar-refractivity contribution in [3.05, 3.63) is 27.9 Å². The first-order valence-corrected chi connectivity index (χ1v) is 4.54. The predicted octanol–water partition coefficient (Wildman–Crippen LogP) is 0.395. The maximum atomic E-state index is 11.0. The lowest BCUT2D eigenvalue weighted by Gasteiger charge is -2.02. The molecule has 0 atom stereocenters. The van der Waals surface area contributed by atoms with Crippen LogP contribution in [0, 0.1) is 0 Å². The third-order valence-corrected chi connectivity index (χ3v) is 1.60. The molecular weight excluding hydrogens is 200 g/mol. The number of aromatic carboxylic acids is 1. The number of nitrogens with one attached hydrogen (secondary N) is 1. The fraction of sp³-hybridized carbons (Fsp3) is 0.444. The molecule has 15 heavy (non-hydrogen) atoms. The van der Waals surface area contributed by atoms with Crippen LogP contribution in [0.15, 0.2) is 10.9 Å². The highest BCUT2D eigenvalue weighted by Gasteiger charge is 2.07. The summed E-state index contributed by atoms with van der Waals surface area (Å²) in [5.41, 5.74) is -0.758. The van der Waals surface area contributed by atoms with Gasteiger partial charge in [-0.05, 0) is 6.42 Å². The van der Waals surface area contributed by atoms with E-state index in [2.05, 4.69) is 9.97 Å². The van der Waals surface area contributed by atoms with Crippen molar-refractivity contribution >= 4 is 5.97 Å². The van der Waals surface area contributed by atoms with Crippen molar-refractivity contribution in [2.24, 2.45) is 0 Å². The van der Waals surface area contributed by atoms with Crippen molar-refractivity contribution in [2.75, 3.05) is 6.61 Å². The van der Waals surface area contributed by atoms with Gasteiger partial charge in [-0.25, -0.2) is 9.78 Å². The van der Waals surface area contributed by atoms with Gasteiger partial charge in [0.1, 0.15) is 12.4 Å². The number of carboxylic acids is 1. The number of aromatic amines is 1. The summed E-state index contributed by atoms with van der Waals surface area (Å²) in [6.07, 6.45) is 0.850. The van der Waals surface area contributed by atoms with Crippen LogP contribution in [0.4, 0.5) is 0 Å². The second-order valence-corrected chi connectivity index (χ2v) is 2.94. The monoisotopic (exact) mass is 212 g/mol. The maximum Gasteiger partial charge on any atom is 0.354 e. The molecule has 6 nitrogen and oxygen atoms in total. The normalized spacial score (nSPS) is 10.2. The Kier molecular flexibility index (Phi) is 3.99. The van der Waals surface area contributed by atoms with Crippen LogP contribution in [0.3, 0.4) is 0 Å². The Bertz CT molecular complexity index is 399. The molecule has 0 fully saturated rings. The van der Waals surface area contributed by atoms with Gasteiger partial charge in [-0.2, -0.15) is 0 Å². The van der Waals surface area contributed by atoms with E-state index in [0.29, 0.717) is 6.61 Å². The Balaban J connectivity index is 2.80. The van der Waals surface area contributed by atoms with E-state index in [9.17, 15) is 9.59 Å². The quantitative estimate of drug-likeness (QED) is 0.689. The number of nitrogens with zero attached hydrogens (tertiary/aromatic N) is 1. The smallest absolute Gasteiger partial charge is 0.354 e. The number of hydrogen-bond donors (Lipinski definition) is 2. The third kappa shape index (κ3) is 3.51. The van der Waals surface area contributed by atoms with Crippen LogP contribution in [0.5, 0.6) is 0 Å². The Morgan fingerprint density at radius 3 is 3.00 bits per heavy atom. The number of carboxylic acid groups (broad SMARTS) is 1. The third-order valence-electron chi connectivity index (χ3n) is 1.60. The van der Waals surface area contributed by atoms with Crippen molar-refractivity contribution in [3.63, 3.8) is 0 Å². The van der Waals surface area contributed by atoms with Crippen LogP contribution in [-0.4, -0.2) is 27.7 Å². The summed E-state index contributed by atoms with van der Waals surface area (Å²) in [4.78, 5) is 27.7. The van der Waals surface area contributed by atoms with Crippen molar-refractivity contribution in [1.82, 2.24) is 9.97 Å². The zero-order chi connectivity index (χ0) is 11.3. The minimum atomic E-state index is -1.22. The van der Waals surface area contributed by atoms with Crippen molar-refractivity contribution < 1.29 is 14.6 Å². The summed E-state index contributed by atoms with van der Waals surface area (Å²) in [5.74, 6) is -0.994. The lowest BCUT2D eigenvalue weighted by Crippen LogP contribution is -2.16. The Hall–Kier alpha value is -1.69. The average Bonchev–Trinajstić information content (AvgIpc) is 2.17. The molecule has 0 spiro atoms. The van der Waals surface area contributed by atoms with Gasteiger partial charge in [0.25, 0.3) is 5.56 Å². The highest BCUT2D eigenvalue weighted by molar-refractivity contribution is 5.85. The molecule has 1 rings (SSSR count). The van der Waals surface area contributed by atoms with Gasteiger partial charge >= 0.3 is 5.97 Å². The Morgan fingerprint density at radius 2 is 2.40 bits per heavy atom. The second kappa shape index (κ2) is 5.26. The van der Waals surface area contributed by atoms with Gasteiger partial charge in [0.2, 0.25) is 0 Å². The van der Waals surface area contributed by atoms with E-state index in [1.54, 1.807) is 0 Å². The summed E-state index contributed by atoms with van der Waals surface area (Å²) < 4.78 is 5.13. The fourth-order valence-corrected chi connectivity index (χ4v) is 0.999. The van der Waals surface area contributed by atoms with Crippen LogP contribution in [0.1, 0.15) is 29.7 Å². The minimum absolute atomic E-state index is 0.115. The second-order valence-electron chi connectivity index (χ2n) is 2.94. The lowest BCUT2D eigenvalue weighted by atomic mass is 10.4. The zero-order valence-electron chi connectivity index (χ0n) is 8.32. The van der Waals surface area contributed by atoms with E-state index in [0.717, 1.165) is 12.5 Å². The average molecular weight is 212 g/mol. The number of hydrogen-bond acceptors (Lipinski definition) is 4. The molecule has 1 aromatic rings. The molecule has 0 saturated carbocycles. The topological polar surface area (TPSA) is 92.3 Å². The van der Waals surface area contributed by atoms with Crippen LogP contribution in [-0.2, 0) is 11.3 Å². The molecule has 2 N–H and O–H groups in total. The van der Waals surface area contributed by atoms with Crippen molar-refractivity contribution in [2.45, 2.75) is 20.0 Å². The molecule has 0 aliphatic rings. The standard InChI is InChI=1S/C9H12N2O4/c1-2-3-15-5-7-10-6(9(13)14)4-8(12)11-7/h4H,2-3,5H2,1H3,(H,13,14)(H,10,11,12). The molecule has 0 aliphatic heterocycles. The van der Waals surface area contributed by atoms with Gasteiger partial charge in [0, 0.05) is 12.7 Å². The summed E-state index contributed by atoms with van der Waals surface area (Å²) >= 11 is 0. The molecule has 0 saturated heterocycles. The number of ether oxygens (including phenoxy) is 1. The first kappa shape index (κ1) is 11.4. The van der Waals surface area contributed by atoms with E-state index in [4.69, 9.17) is 9.84 Å². The van der Waals surface area contributed by atoms with E-state index in [1.165, 1.54) is 0 Å². The minimum Gasteiger partial charge on any atom is -0.477 e. The lowest BCUT2D eigenvalue weighted by molar-refractivity contribution is 0.0687. The molecule has 0 aromatic carbocycles. The molecule has 0 bridgehead atoms. The van der Waals surface area contributed by atoms with Gasteiger partial charge in [-0.1, -0.05) is 6.92 Å². The molecule has 0 aliphatic carbocycles.